The lowest BCUT2D eigenvalue weighted by Crippen LogP contribution is -2.43. The van der Waals surface area contributed by atoms with Gasteiger partial charge in [-0.2, -0.15) is 0 Å². The smallest absolute Gasteiger partial charge is 0.128 e. The summed E-state index contributed by atoms with van der Waals surface area (Å²) < 4.78 is 5.92. The standard InChI is InChI=1S/C18H24N2O/c1-3-15(19)18(17-11-10-13(2)21-17)20-12-6-8-14-7-4-5-9-16(14)20/h4-5,7,9-11,15,18H,3,6,8,12,19H2,1-2H3. The van der Waals surface area contributed by atoms with Crippen molar-refractivity contribution in [2.75, 3.05) is 11.4 Å². The lowest BCUT2D eigenvalue weighted by molar-refractivity contribution is 0.381. The molecule has 2 aromatic rings. The molecule has 0 radical (unpaired) electrons. The van der Waals surface area contributed by atoms with Gasteiger partial charge in [-0.05, 0) is 49.9 Å². The second-order valence-electron chi connectivity index (χ2n) is 5.89. The minimum Gasteiger partial charge on any atom is -0.464 e. The summed E-state index contributed by atoms with van der Waals surface area (Å²) in [5.41, 5.74) is 9.17. The molecule has 3 heteroatoms. The molecule has 0 saturated heterocycles. The quantitative estimate of drug-likeness (QED) is 0.928. The highest BCUT2D eigenvalue weighted by Gasteiger charge is 2.31. The van der Waals surface area contributed by atoms with Gasteiger partial charge in [0.1, 0.15) is 17.6 Å². The number of fused-ring (bicyclic) bond motifs is 1. The molecule has 0 saturated carbocycles. The molecular weight excluding hydrogens is 260 g/mol. The first-order valence-corrected chi connectivity index (χ1v) is 7.87. The summed E-state index contributed by atoms with van der Waals surface area (Å²) in [6, 6.07) is 13.0. The zero-order chi connectivity index (χ0) is 14.8. The number of furan rings is 1. The van der Waals surface area contributed by atoms with E-state index in [1.165, 1.54) is 17.7 Å². The Morgan fingerprint density at radius 3 is 2.76 bits per heavy atom. The van der Waals surface area contributed by atoms with E-state index in [4.69, 9.17) is 10.2 Å². The molecule has 2 atom stereocenters. The molecule has 1 aliphatic rings. The van der Waals surface area contributed by atoms with Crippen molar-refractivity contribution < 1.29 is 4.42 Å². The van der Waals surface area contributed by atoms with Gasteiger partial charge in [0, 0.05) is 18.3 Å². The van der Waals surface area contributed by atoms with Gasteiger partial charge in [-0.1, -0.05) is 25.1 Å². The van der Waals surface area contributed by atoms with Gasteiger partial charge in [-0.25, -0.2) is 0 Å². The van der Waals surface area contributed by atoms with E-state index in [1.54, 1.807) is 0 Å². The molecule has 2 heterocycles. The van der Waals surface area contributed by atoms with Crippen LogP contribution in [0, 0.1) is 6.92 Å². The predicted octanol–water partition coefficient (Wildman–Crippen LogP) is 3.82. The van der Waals surface area contributed by atoms with Gasteiger partial charge in [0.25, 0.3) is 0 Å². The van der Waals surface area contributed by atoms with Gasteiger partial charge < -0.3 is 15.1 Å². The van der Waals surface area contributed by atoms with E-state index < -0.39 is 0 Å². The summed E-state index contributed by atoms with van der Waals surface area (Å²) in [4.78, 5) is 2.44. The molecule has 1 aliphatic heterocycles. The Hall–Kier alpha value is -1.74. The number of nitrogens with two attached hydrogens (primary N) is 1. The minimum absolute atomic E-state index is 0.0710. The van der Waals surface area contributed by atoms with Gasteiger partial charge in [-0.3, -0.25) is 0 Å². The maximum absolute atomic E-state index is 6.44. The topological polar surface area (TPSA) is 42.4 Å². The summed E-state index contributed by atoms with van der Waals surface area (Å²) >= 11 is 0. The van der Waals surface area contributed by atoms with Gasteiger partial charge >= 0.3 is 0 Å². The molecule has 3 nitrogen and oxygen atoms in total. The number of para-hydroxylation sites is 1. The first-order valence-electron chi connectivity index (χ1n) is 7.87. The van der Waals surface area contributed by atoms with Crippen LogP contribution in [0.25, 0.3) is 0 Å². The van der Waals surface area contributed by atoms with Crippen molar-refractivity contribution in [3.05, 3.63) is 53.5 Å². The van der Waals surface area contributed by atoms with Gasteiger partial charge in [0.15, 0.2) is 0 Å². The lowest BCUT2D eigenvalue weighted by atomic mass is 9.95. The molecule has 2 N–H and O–H groups in total. The molecule has 0 bridgehead atoms. The van der Waals surface area contributed by atoms with E-state index in [9.17, 15) is 0 Å². The van der Waals surface area contributed by atoms with Crippen LogP contribution < -0.4 is 10.6 Å². The van der Waals surface area contributed by atoms with Crippen LogP contribution in [-0.2, 0) is 6.42 Å². The maximum atomic E-state index is 6.44. The van der Waals surface area contributed by atoms with Crippen LogP contribution in [0.15, 0.2) is 40.8 Å². The van der Waals surface area contributed by atoms with Crippen LogP contribution in [-0.4, -0.2) is 12.6 Å². The fourth-order valence-corrected chi connectivity index (χ4v) is 3.28. The van der Waals surface area contributed by atoms with Crippen LogP contribution in [0.3, 0.4) is 0 Å². The average molecular weight is 284 g/mol. The highest BCUT2D eigenvalue weighted by Crippen LogP contribution is 2.36. The molecule has 0 aliphatic carbocycles. The Kier molecular flexibility index (Phi) is 4.02. The summed E-state index contributed by atoms with van der Waals surface area (Å²) in [6.45, 7) is 5.17. The second-order valence-corrected chi connectivity index (χ2v) is 5.89. The van der Waals surface area contributed by atoms with Crippen LogP contribution in [0.2, 0.25) is 0 Å². The van der Waals surface area contributed by atoms with Crippen LogP contribution in [0.5, 0.6) is 0 Å². The van der Waals surface area contributed by atoms with Crippen molar-refractivity contribution >= 4 is 5.69 Å². The SMILES string of the molecule is CCC(N)C(c1ccc(C)o1)N1CCCc2ccccc21. The molecule has 3 rings (SSSR count). The number of hydrogen-bond donors (Lipinski definition) is 1. The highest BCUT2D eigenvalue weighted by molar-refractivity contribution is 5.57. The summed E-state index contributed by atoms with van der Waals surface area (Å²) in [5, 5.41) is 0. The Labute approximate surface area is 126 Å². The average Bonchev–Trinajstić information content (AvgIpc) is 2.93. The highest BCUT2D eigenvalue weighted by atomic mass is 16.3. The van der Waals surface area contributed by atoms with Crippen molar-refractivity contribution in [2.24, 2.45) is 5.73 Å². The first kappa shape index (κ1) is 14.2. The van der Waals surface area contributed by atoms with E-state index in [-0.39, 0.29) is 12.1 Å². The zero-order valence-electron chi connectivity index (χ0n) is 12.9. The van der Waals surface area contributed by atoms with Gasteiger partial charge in [0.2, 0.25) is 0 Å². The molecule has 1 aromatic heterocycles. The molecule has 112 valence electrons. The number of nitrogens with zero attached hydrogens (tertiary/aromatic N) is 1. The predicted molar refractivity (Wildman–Crippen MR) is 86.6 cm³/mol. The number of hydrogen-bond acceptors (Lipinski definition) is 3. The molecule has 0 spiro atoms. The van der Waals surface area contributed by atoms with Crippen LogP contribution in [0.4, 0.5) is 5.69 Å². The lowest BCUT2D eigenvalue weighted by Gasteiger charge is -2.39. The van der Waals surface area contributed by atoms with Crippen molar-refractivity contribution in [1.29, 1.82) is 0 Å². The van der Waals surface area contributed by atoms with Crippen molar-refractivity contribution in [3.63, 3.8) is 0 Å². The molecule has 2 unspecified atom stereocenters. The third-order valence-electron chi connectivity index (χ3n) is 4.41. The Bertz CT molecular complexity index is 605. The summed E-state index contributed by atoms with van der Waals surface area (Å²) in [7, 11) is 0. The number of benzene rings is 1. The molecule has 21 heavy (non-hydrogen) atoms. The fourth-order valence-electron chi connectivity index (χ4n) is 3.28. The fraction of sp³-hybridized carbons (Fsp3) is 0.444. The maximum Gasteiger partial charge on any atom is 0.128 e. The van der Waals surface area contributed by atoms with Gasteiger partial charge in [-0.15, -0.1) is 0 Å². The molecule has 0 fully saturated rings. The second kappa shape index (κ2) is 5.94. The van der Waals surface area contributed by atoms with Crippen molar-refractivity contribution in [3.8, 4) is 0 Å². The zero-order valence-corrected chi connectivity index (χ0v) is 12.9. The van der Waals surface area contributed by atoms with Crippen LogP contribution >= 0.6 is 0 Å². The largest absolute Gasteiger partial charge is 0.464 e. The Morgan fingerprint density at radius 2 is 2.05 bits per heavy atom. The van der Waals surface area contributed by atoms with E-state index in [2.05, 4.69) is 42.2 Å². The van der Waals surface area contributed by atoms with Gasteiger partial charge in [0.05, 0.1) is 0 Å². The van der Waals surface area contributed by atoms with Crippen LogP contribution in [0.1, 0.15) is 42.9 Å². The summed E-state index contributed by atoms with van der Waals surface area (Å²) in [6.07, 6.45) is 3.25. The molecule has 1 aromatic carbocycles. The number of anilines is 1. The van der Waals surface area contributed by atoms with E-state index in [0.717, 1.165) is 30.9 Å². The third-order valence-corrected chi connectivity index (χ3v) is 4.41. The molecule has 0 amide bonds. The summed E-state index contributed by atoms with van der Waals surface area (Å²) in [5.74, 6) is 1.93. The number of aryl methyl sites for hydroxylation is 2. The number of rotatable bonds is 4. The third kappa shape index (κ3) is 2.70. The van der Waals surface area contributed by atoms with E-state index in [0.29, 0.717) is 0 Å². The van der Waals surface area contributed by atoms with Crippen molar-refractivity contribution in [2.45, 2.75) is 45.2 Å². The Balaban J connectivity index is 2.02. The molecular formula is C18H24N2O. The van der Waals surface area contributed by atoms with Crippen molar-refractivity contribution in [1.82, 2.24) is 0 Å². The first-order chi connectivity index (χ1) is 10.2. The van der Waals surface area contributed by atoms with E-state index >= 15 is 0 Å². The minimum atomic E-state index is 0.0710. The normalized spacial score (nSPS) is 17.4. The Morgan fingerprint density at radius 1 is 1.24 bits per heavy atom. The van der Waals surface area contributed by atoms with E-state index in [1.807, 2.05) is 13.0 Å². The monoisotopic (exact) mass is 284 g/mol.